The predicted octanol–water partition coefficient (Wildman–Crippen LogP) is 2.71. The normalized spacial score (nSPS) is 11.7. The van der Waals surface area contributed by atoms with E-state index in [2.05, 4.69) is 10.3 Å². The minimum atomic E-state index is -0.393. The van der Waals surface area contributed by atoms with Crippen LogP contribution in [-0.4, -0.2) is 22.5 Å². The van der Waals surface area contributed by atoms with Crippen LogP contribution in [0.2, 0.25) is 0 Å². The molecule has 0 radical (unpaired) electrons. The van der Waals surface area contributed by atoms with Crippen LogP contribution in [0.3, 0.4) is 0 Å². The monoisotopic (exact) mass is 296 g/mol. The zero-order chi connectivity index (χ0) is 13.8. The van der Waals surface area contributed by atoms with Crippen LogP contribution in [0.4, 0.5) is 11.4 Å². The van der Waals surface area contributed by atoms with Crippen LogP contribution in [0.15, 0.2) is 30.5 Å². The summed E-state index contributed by atoms with van der Waals surface area (Å²) in [6, 6.07) is 6.70. The molecule has 0 fully saturated rings. The van der Waals surface area contributed by atoms with Gasteiger partial charge in [-0.1, -0.05) is 0 Å². The highest BCUT2D eigenvalue weighted by Gasteiger charge is 2.14. The summed E-state index contributed by atoms with van der Waals surface area (Å²) >= 11 is 0. The van der Waals surface area contributed by atoms with Gasteiger partial charge in [0.25, 0.3) is 5.69 Å². The molecule has 3 N–H and O–H groups in total. The Kier molecular flexibility index (Phi) is 5.66. The standard InChI is InChI=1S/C13H16N4O2.ClH/c1-9(14)6-8-15-11-4-5-12(17(18)19)10-3-2-7-16-13(10)11;/h2-5,7,9,15H,6,8,14H2,1H3;1H. The van der Waals surface area contributed by atoms with E-state index in [1.54, 1.807) is 24.4 Å². The number of non-ortho nitro benzene ring substituents is 1. The Bertz CT molecular complexity index is 604. The molecule has 1 atom stereocenters. The Balaban J connectivity index is 0.00000200. The molecule has 0 spiro atoms. The molecule has 1 heterocycles. The van der Waals surface area contributed by atoms with E-state index in [0.717, 1.165) is 12.1 Å². The number of nitrogens with one attached hydrogen (secondary N) is 1. The summed E-state index contributed by atoms with van der Waals surface area (Å²) < 4.78 is 0. The van der Waals surface area contributed by atoms with Crippen LogP contribution in [0.1, 0.15) is 13.3 Å². The second-order valence-electron chi connectivity index (χ2n) is 4.48. The lowest BCUT2D eigenvalue weighted by Gasteiger charge is -2.10. The molecule has 6 nitrogen and oxygen atoms in total. The van der Waals surface area contributed by atoms with Crippen molar-refractivity contribution in [2.45, 2.75) is 19.4 Å². The molecule has 0 amide bonds. The van der Waals surface area contributed by atoms with Crippen LogP contribution < -0.4 is 11.1 Å². The van der Waals surface area contributed by atoms with E-state index in [-0.39, 0.29) is 24.1 Å². The number of benzene rings is 1. The zero-order valence-corrected chi connectivity index (χ0v) is 11.9. The molecule has 2 aromatic rings. The summed E-state index contributed by atoms with van der Waals surface area (Å²) in [7, 11) is 0. The third kappa shape index (κ3) is 3.55. The number of halogens is 1. The fourth-order valence-electron chi connectivity index (χ4n) is 1.89. The first kappa shape index (κ1) is 16.1. The molecule has 0 aliphatic heterocycles. The maximum Gasteiger partial charge on any atom is 0.278 e. The molecule has 108 valence electrons. The first-order chi connectivity index (χ1) is 9.09. The van der Waals surface area contributed by atoms with E-state index in [0.29, 0.717) is 17.4 Å². The molecular weight excluding hydrogens is 280 g/mol. The number of nitrogens with two attached hydrogens (primary N) is 1. The van der Waals surface area contributed by atoms with Gasteiger partial charge in [0.1, 0.15) is 5.52 Å². The largest absolute Gasteiger partial charge is 0.383 e. The van der Waals surface area contributed by atoms with Gasteiger partial charge in [0.15, 0.2) is 0 Å². The van der Waals surface area contributed by atoms with E-state index in [1.165, 1.54) is 6.07 Å². The van der Waals surface area contributed by atoms with Gasteiger partial charge in [-0.3, -0.25) is 15.1 Å². The van der Waals surface area contributed by atoms with E-state index in [1.807, 2.05) is 6.92 Å². The van der Waals surface area contributed by atoms with Gasteiger partial charge >= 0.3 is 0 Å². The van der Waals surface area contributed by atoms with Crippen molar-refractivity contribution >= 4 is 34.7 Å². The van der Waals surface area contributed by atoms with Gasteiger partial charge in [-0.25, -0.2) is 0 Å². The van der Waals surface area contributed by atoms with E-state index in [9.17, 15) is 10.1 Å². The van der Waals surface area contributed by atoms with Crippen LogP contribution in [0.5, 0.6) is 0 Å². The second-order valence-corrected chi connectivity index (χ2v) is 4.48. The van der Waals surface area contributed by atoms with Crippen LogP contribution >= 0.6 is 12.4 Å². The number of hydrogen-bond acceptors (Lipinski definition) is 5. The number of pyridine rings is 1. The molecule has 0 saturated heterocycles. The fourth-order valence-corrected chi connectivity index (χ4v) is 1.89. The van der Waals surface area contributed by atoms with E-state index in [4.69, 9.17) is 5.73 Å². The van der Waals surface area contributed by atoms with E-state index < -0.39 is 4.92 Å². The van der Waals surface area contributed by atoms with Crippen LogP contribution in [0, 0.1) is 10.1 Å². The molecule has 0 bridgehead atoms. The summed E-state index contributed by atoms with van der Waals surface area (Å²) in [5.74, 6) is 0. The summed E-state index contributed by atoms with van der Waals surface area (Å²) in [5, 5.41) is 14.7. The minimum absolute atomic E-state index is 0. The summed E-state index contributed by atoms with van der Waals surface area (Å²) in [6.07, 6.45) is 2.45. The van der Waals surface area contributed by atoms with Crippen molar-refractivity contribution < 1.29 is 4.92 Å². The fraction of sp³-hybridized carbons (Fsp3) is 0.308. The van der Waals surface area contributed by atoms with Crippen molar-refractivity contribution in [1.82, 2.24) is 4.98 Å². The van der Waals surface area contributed by atoms with Crippen LogP contribution in [-0.2, 0) is 0 Å². The number of rotatable bonds is 5. The number of aromatic nitrogens is 1. The second kappa shape index (κ2) is 7.02. The van der Waals surface area contributed by atoms with Crippen molar-refractivity contribution in [3.05, 3.63) is 40.6 Å². The highest BCUT2D eigenvalue weighted by atomic mass is 35.5. The number of nitro benzene ring substituents is 1. The Labute approximate surface area is 122 Å². The molecule has 0 saturated carbocycles. The molecule has 0 aliphatic rings. The predicted molar refractivity (Wildman–Crippen MR) is 82.4 cm³/mol. The molecule has 0 aliphatic carbocycles. The summed E-state index contributed by atoms with van der Waals surface area (Å²) in [5.41, 5.74) is 7.16. The lowest BCUT2D eigenvalue weighted by atomic mass is 10.1. The Morgan fingerprint density at radius 1 is 1.45 bits per heavy atom. The van der Waals surface area contributed by atoms with Crippen molar-refractivity contribution in [3.8, 4) is 0 Å². The maximum atomic E-state index is 11.0. The third-order valence-corrected chi connectivity index (χ3v) is 2.86. The third-order valence-electron chi connectivity index (χ3n) is 2.86. The zero-order valence-electron chi connectivity index (χ0n) is 11.1. The van der Waals surface area contributed by atoms with Gasteiger partial charge in [0.2, 0.25) is 0 Å². The van der Waals surface area contributed by atoms with Gasteiger partial charge in [-0.2, -0.15) is 0 Å². The van der Waals surface area contributed by atoms with Gasteiger partial charge in [-0.15, -0.1) is 12.4 Å². The van der Waals surface area contributed by atoms with Crippen molar-refractivity contribution in [2.24, 2.45) is 5.73 Å². The molecule has 1 aromatic heterocycles. The number of fused-ring (bicyclic) bond motifs is 1. The van der Waals surface area contributed by atoms with Crippen molar-refractivity contribution in [3.63, 3.8) is 0 Å². The molecule has 2 rings (SSSR count). The topological polar surface area (TPSA) is 94.1 Å². The Morgan fingerprint density at radius 2 is 2.20 bits per heavy atom. The highest BCUT2D eigenvalue weighted by molar-refractivity contribution is 5.96. The average molecular weight is 297 g/mol. The summed E-state index contributed by atoms with van der Waals surface area (Å²) in [4.78, 5) is 14.8. The summed E-state index contributed by atoms with van der Waals surface area (Å²) in [6.45, 7) is 2.65. The van der Waals surface area contributed by atoms with Crippen molar-refractivity contribution in [1.29, 1.82) is 0 Å². The molecule has 1 aromatic carbocycles. The van der Waals surface area contributed by atoms with Gasteiger partial charge in [0.05, 0.1) is 16.0 Å². The number of nitro groups is 1. The Morgan fingerprint density at radius 3 is 2.85 bits per heavy atom. The quantitative estimate of drug-likeness (QED) is 0.653. The smallest absolute Gasteiger partial charge is 0.278 e. The lowest BCUT2D eigenvalue weighted by molar-refractivity contribution is -0.383. The maximum absolute atomic E-state index is 11.0. The molecule has 7 heteroatoms. The first-order valence-corrected chi connectivity index (χ1v) is 6.11. The first-order valence-electron chi connectivity index (χ1n) is 6.11. The van der Waals surface area contributed by atoms with Gasteiger partial charge in [-0.05, 0) is 31.5 Å². The molecule has 20 heavy (non-hydrogen) atoms. The van der Waals surface area contributed by atoms with Crippen molar-refractivity contribution in [2.75, 3.05) is 11.9 Å². The minimum Gasteiger partial charge on any atom is -0.383 e. The number of anilines is 1. The molecular formula is C13H17ClN4O2. The highest BCUT2D eigenvalue weighted by Crippen LogP contribution is 2.29. The van der Waals surface area contributed by atoms with E-state index >= 15 is 0 Å². The number of nitrogens with zero attached hydrogens (tertiary/aromatic N) is 2. The Hall–Kier alpha value is -1.92. The van der Waals surface area contributed by atoms with Gasteiger partial charge in [0, 0.05) is 24.8 Å². The lowest BCUT2D eigenvalue weighted by Crippen LogP contribution is -2.19. The number of hydrogen-bond donors (Lipinski definition) is 2. The van der Waals surface area contributed by atoms with Gasteiger partial charge < -0.3 is 11.1 Å². The van der Waals surface area contributed by atoms with Crippen LogP contribution in [0.25, 0.3) is 10.9 Å². The average Bonchev–Trinajstić information content (AvgIpc) is 2.38. The molecule has 1 unspecified atom stereocenters. The SMILES string of the molecule is CC(N)CCNc1ccc([N+](=O)[O-])c2cccnc12.Cl.